The van der Waals surface area contributed by atoms with Gasteiger partial charge in [0.05, 0.1) is 12.1 Å². The third kappa shape index (κ3) is 3.60. The SMILES string of the molecule is CCOC(=O)c1cc2c(Cl)cccc2n1CCCCC(=O)O. The van der Waals surface area contributed by atoms with Crippen molar-refractivity contribution in [3.05, 3.63) is 35.0 Å². The average Bonchev–Trinajstić information content (AvgIpc) is 2.84. The molecule has 22 heavy (non-hydrogen) atoms. The molecular formula is C16H18ClNO4. The van der Waals surface area contributed by atoms with E-state index in [-0.39, 0.29) is 6.42 Å². The van der Waals surface area contributed by atoms with Gasteiger partial charge in [-0.05, 0) is 38.0 Å². The quantitative estimate of drug-likeness (QED) is 0.622. The van der Waals surface area contributed by atoms with Gasteiger partial charge in [0.1, 0.15) is 5.69 Å². The Hall–Kier alpha value is -2.01. The zero-order valence-electron chi connectivity index (χ0n) is 12.3. The molecule has 0 spiro atoms. The van der Waals surface area contributed by atoms with Gasteiger partial charge in [0.15, 0.2) is 0 Å². The first-order valence-corrected chi connectivity index (χ1v) is 7.59. The average molecular weight is 324 g/mol. The van der Waals surface area contributed by atoms with Crippen molar-refractivity contribution in [3.8, 4) is 0 Å². The van der Waals surface area contributed by atoms with Gasteiger partial charge in [-0.3, -0.25) is 4.79 Å². The first-order valence-electron chi connectivity index (χ1n) is 7.21. The fraction of sp³-hybridized carbons (Fsp3) is 0.375. The second kappa shape index (κ2) is 7.31. The summed E-state index contributed by atoms with van der Waals surface area (Å²) >= 11 is 6.18. The molecule has 0 atom stereocenters. The van der Waals surface area contributed by atoms with Crippen LogP contribution in [-0.4, -0.2) is 28.2 Å². The van der Waals surface area contributed by atoms with Crippen molar-refractivity contribution in [2.75, 3.05) is 6.61 Å². The van der Waals surface area contributed by atoms with Crippen LogP contribution in [0.25, 0.3) is 10.9 Å². The summed E-state index contributed by atoms with van der Waals surface area (Å²) in [6, 6.07) is 7.22. The van der Waals surface area contributed by atoms with E-state index >= 15 is 0 Å². The molecule has 1 N–H and O–H groups in total. The van der Waals surface area contributed by atoms with Crippen LogP contribution in [0.15, 0.2) is 24.3 Å². The number of aryl methyl sites for hydroxylation is 1. The molecule has 0 aliphatic rings. The van der Waals surface area contributed by atoms with E-state index in [0.29, 0.717) is 36.7 Å². The van der Waals surface area contributed by atoms with E-state index in [1.54, 1.807) is 19.1 Å². The summed E-state index contributed by atoms with van der Waals surface area (Å²) in [5, 5.41) is 10.1. The van der Waals surface area contributed by atoms with Crippen molar-refractivity contribution >= 4 is 34.4 Å². The van der Waals surface area contributed by atoms with E-state index in [1.165, 1.54) is 0 Å². The van der Waals surface area contributed by atoms with Crippen molar-refractivity contribution in [3.63, 3.8) is 0 Å². The lowest BCUT2D eigenvalue weighted by Gasteiger charge is -2.10. The number of nitrogens with zero attached hydrogens (tertiary/aromatic N) is 1. The highest BCUT2D eigenvalue weighted by molar-refractivity contribution is 6.35. The predicted octanol–water partition coefficient (Wildman–Crippen LogP) is 3.73. The maximum atomic E-state index is 12.1. The number of benzene rings is 1. The van der Waals surface area contributed by atoms with Gasteiger partial charge >= 0.3 is 11.9 Å². The van der Waals surface area contributed by atoms with E-state index in [0.717, 1.165) is 10.9 Å². The molecule has 1 aromatic heterocycles. The highest BCUT2D eigenvalue weighted by Gasteiger charge is 2.17. The number of carbonyl (C=O) groups is 2. The lowest BCUT2D eigenvalue weighted by Crippen LogP contribution is -2.12. The maximum Gasteiger partial charge on any atom is 0.354 e. The number of carbonyl (C=O) groups excluding carboxylic acids is 1. The Balaban J connectivity index is 2.31. The molecular weight excluding hydrogens is 306 g/mol. The molecule has 0 aliphatic carbocycles. The summed E-state index contributed by atoms with van der Waals surface area (Å²) in [4.78, 5) is 22.7. The first-order chi connectivity index (χ1) is 10.5. The molecule has 5 nitrogen and oxygen atoms in total. The van der Waals surface area contributed by atoms with Crippen LogP contribution < -0.4 is 0 Å². The van der Waals surface area contributed by atoms with Crippen LogP contribution in [0, 0.1) is 0 Å². The smallest absolute Gasteiger partial charge is 0.354 e. The summed E-state index contributed by atoms with van der Waals surface area (Å²) in [6.07, 6.45) is 1.33. The molecule has 1 aromatic carbocycles. The summed E-state index contributed by atoms with van der Waals surface area (Å²) < 4.78 is 6.93. The summed E-state index contributed by atoms with van der Waals surface area (Å²) in [6.45, 7) is 2.60. The van der Waals surface area contributed by atoms with Crippen LogP contribution in [0.4, 0.5) is 0 Å². The van der Waals surface area contributed by atoms with E-state index in [1.807, 2.05) is 16.7 Å². The number of carboxylic acid groups (broad SMARTS) is 1. The molecule has 118 valence electrons. The second-order valence-corrected chi connectivity index (χ2v) is 5.33. The van der Waals surface area contributed by atoms with E-state index in [2.05, 4.69) is 0 Å². The number of aliphatic carboxylic acids is 1. The highest BCUT2D eigenvalue weighted by atomic mass is 35.5. The Morgan fingerprint density at radius 2 is 2.09 bits per heavy atom. The lowest BCUT2D eigenvalue weighted by atomic mass is 10.2. The lowest BCUT2D eigenvalue weighted by molar-refractivity contribution is -0.137. The molecule has 0 amide bonds. The van der Waals surface area contributed by atoms with Crippen LogP contribution in [0.1, 0.15) is 36.7 Å². The number of fused-ring (bicyclic) bond motifs is 1. The number of carboxylic acids is 1. The van der Waals surface area contributed by atoms with Crippen molar-refractivity contribution in [2.45, 2.75) is 32.7 Å². The van der Waals surface area contributed by atoms with Crippen molar-refractivity contribution in [2.24, 2.45) is 0 Å². The number of rotatable bonds is 7. The minimum Gasteiger partial charge on any atom is -0.481 e. The number of halogens is 1. The number of aromatic nitrogens is 1. The van der Waals surface area contributed by atoms with Crippen LogP contribution in [0.2, 0.25) is 5.02 Å². The van der Waals surface area contributed by atoms with Crippen LogP contribution in [0.3, 0.4) is 0 Å². The third-order valence-electron chi connectivity index (χ3n) is 3.40. The molecule has 0 aliphatic heterocycles. The number of hydrogen-bond acceptors (Lipinski definition) is 3. The predicted molar refractivity (Wildman–Crippen MR) is 84.4 cm³/mol. The standard InChI is InChI=1S/C16H18ClNO4/c1-2-22-16(21)14-10-11-12(17)6-5-7-13(11)18(14)9-4-3-8-15(19)20/h5-7,10H,2-4,8-9H2,1H3,(H,19,20). The first kappa shape index (κ1) is 16.4. The highest BCUT2D eigenvalue weighted by Crippen LogP contribution is 2.28. The molecule has 0 bridgehead atoms. The van der Waals surface area contributed by atoms with Crippen molar-refractivity contribution < 1.29 is 19.4 Å². The molecule has 6 heteroatoms. The molecule has 0 saturated carbocycles. The molecule has 0 unspecified atom stereocenters. The zero-order chi connectivity index (χ0) is 16.1. The number of unbranched alkanes of at least 4 members (excludes halogenated alkanes) is 1. The van der Waals surface area contributed by atoms with Crippen LogP contribution >= 0.6 is 11.6 Å². The van der Waals surface area contributed by atoms with Crippen molar-refractivity contribution in [1.29, 1.82) is 0 Å². The minimum atomic E-state index is -0.814. The molecule has 0 saturated heterocycles. The van der Waals surface area contributed by atoms with Gasteiger partial charge in [-0.1, -0.05) is 17.7 Å². The van der Waals surface area contributed by atoms with Crippen LogP contribution in [0.5, 0.6) is 0 Å². The molecule has 2 rings (SSSR count). The fourth-order valence-corrected chi connectivity index (χ4v) is 2.63. The summed E-state index contributed by atoms with van der Waals surface area (Å²) in [5.41, 5.74) is 1.30. The van der Waals surface area contributed by atoms with Gasteiger partial charge < -0.3 is 14.4 Å². The summed E-state index contributed by atoms with van der Waals surface area (Å²) in [7, 11) is 0. The second-order valence-electron chi connectivity index (χ2n) is 4.93. The molecule has 0 fully saturated rings. The molecule has 0 radical (unpaired) electrons. The van der Waals surface area contributed by atoms with Gasteiger partial charge in [-0.15, -0.1) is 0 Å². The number of ether oxygens (including phenoxy) is 1. The maximum absolute atomic E-state index is 12.1. The third-order valence-corrected chi connectivity index (χ3v) is 3.73. The number of esters is 1. The topological polar surface area (TPSA) is 68.5 Å². The van der Waals surface area contributed by atoms with Gasteiger partial charge in [-0.25, -0.2) is 4.79 Å². The van der Waals surface area contributed by atoms with Crippen molar-refractivity contribution in [1.82, 2.24) is 4.57 Å². The monoisotopic (exact) mass is 323 g/mol. The Kier molecular flexibility index (Phi) is 5.44. The van der Waals surface area contributed by atoms with E-state index < -0.39 is 11.9 Å². The Morgan fingerprint density at radius 3 is 2.77 bits per heavy atom. The van der Waals surface area contributed by atoms with E-state index in [4.69, 9.17) is 21.4 Å². The Labute approximate surface area is 133 Å². The van der Waals surface area contributed by atoms with Gasteiger partial charge in [0.25, 0.3) is 0 Å². The van der Waals surface area contributed by atoms with E-state index in [9.17, 15) is 9.59 Å². The Bertz CT molecular complexity index is 693. The van der Waals surface area contributed by atoms with Gasteiger partial charge in [0, 0.05) is 23.4 Å². The van der Waals surface area contributed by atoms with Gasteiger partial charge in [-0.2, -0.15) is 0 Å². The van der Waals surface area contributed by atoms with Crippen LogP contribution in [-0.2, 0) is 16.1 Å². The minimum absolute atomic E-state index is 0.120. The molecule has 1 heterocycles. The summed E-state index contributed by atoms with van der Waals surface area (Å²) in [5.74, 6) is -1.21. The number of hydrogen-bond donors (Lipinski definition) is 1. The normalized spacial score (nSPS) is 10.8. The van der Waals surface area contributed by atoms with Gasteiger partial charge in [0.2, 0.25) is 0 Å². The fourth-order valence-electron chi connectivity index (χ4n) is 2.41. The zero-order valence-corrected chi connectivity index (χ0v) is 13.1. The Morgan fingerprint density at radius 1 is 1.32 bits per heavy atom. The molecule has 2 aromatic rings. The largest absolute Gasteiger partial charge is 0.481 e.